The third kappa shape index (κ3) is 3.44. The summed E-state index contributed by atoms with van der Waals surface area (Å²) in [5, 5.41) is 1.79. The molecule has 0 spiro atoms. The van der Waals surface area contributed by atoms with Gasteiger partial charge in [-0.15, -0.1) is 0 Å². The summed E-state index contributed by atoms with van der Waals surface area (Å²) in [6, 6.07) is 10.7. The van der Waals surface area contributed by atoms with Crippen molar-refractivity contribution in [3.8, 4) is 5.75 Å². The van der Waals surface area contributed by atoms with Gasteiger partial charge in [-0.3, -0.25) is 9.69 Å². The summed E-state index contributed by atoms with van der Waals surface area (Å²) in [6.45, 7) is 8.47. The lowest BCUT2D eigenvalue weighted by molar-refractivity contribution is -0.141. The molecule has 0 aliphatic carbocycles. The standard InChI is InChI=1S/C22H27NO4/c1-21(2)13-18(22(3,4)23(21)5)20(25)27-17-10-9-14-11-16(19(24)26-6)8-7-15(14)12-17/h7-12,18H,13H2,1-6H3. The van der Waals surface area contributed by atoms with Crippen LogP contribution < -0.4 is 4.74 Å². The molecule has 5 nitrogen and oxygen atoms in total. The number of methoxy groups -OCH3 is 1. The normalized spacial score (nSPS) is 21.2. The van der Waals surface area contributed by atoms with Crippen LogP contribution >= 0.6 is 0 Å². The summed E-state index contributed by atoms with van der Waals surface area (Å²) in [5.74, 6) is -0.262. The van der Waals surface area contributed by atoms with Crippen LogP contribution in [0.1, 0.15) is 44.5 Å². The summed E-state index contributed by atoms with van der Waals surface area (Å²) in [5.41, 5.74) is 0.168. The van der Waals surface area contributed by atoms with Crippen LogP contribution in [0.15, 0.2) is 36.4 Å². The van der Waals surface area contributed by atoms with E-state index in [2.05, 4.69) is 39.6 Å². The highest BCUT2D eigenvalue weighted by atomic mass is 16.5. The SMILES string of the molecule is COC(=O)c1ccc2cc(OC(=O)C3CC(C)(C)N(C)C3(C)C)ccc2c1. The molecule has 2 aromatic carbocycles. The molecule has 2 aromatic rings. The highest BCUT2D eigenvalue weighted by molar-refractivity contribution is 5.95. The Balaban J connectivity index is 1.82. The third-order valence-electron chi connectivity index (χ3n) is 6.06. The maximum absolute atomic E-state index is 12.9. The molecule has 1 atom stereocenters. The summed E-state index contributed by atoms with van der Waals surface area (Å²) in [4.78, 5) is 26.8. The molecule has 27 heavy (non-hydrogen) atoms. The fourth-order valence-corrected chi connectivity index (χ4v) is 3.99. The van der Waals surface area contributed by atoms with Gasteiger partial charge in [0.2, 0.25) is 0 Å². The summed E-state index contributed by atoms with van der Waals surface area (Å²) < 4.78 is 10.5. The average molecular weight is 369 g/mol. The minimum Gasteiger partial charge on any atom is -0.465 e. The maximum Gasteiger partial charge on any atom is 0.337 e. The van der Waals surface area contributed by atoms with Crippen molar-refractivity contribution in [2.24, 2.45) is 5.92 Å². The van der Waals surface area contributed by atoms with E-state index in [0.717, 1.165) is 17.2 Å². The molecule has 0 radical (unpaired) electrons. The molecule has 0 amide bonds. The Labute approximate surface area is 160 Å². The zero-order valence-corrected chi connectivity index (χ0v) is 16.8. The number of hydrogen-bond acceptors (Lipinski definition) is 5. The Morgan fingerprint density at radius 1 is 1.04 bits per heavy atom. The molecule has 1 saturated heterocycles. The van der Waals surface area contributed by atoms with Gasteiger partial charge in [-0.1, -0.05) is 12.1 Å². The van der Waals surface area contributed by atoms with Gasteiger partial charge >= 0.3 is 11.9 Å². The number of carbonyl (C=O) groups excluding carboxylic acids is 2. The molecule has 3 rings (SSSR count). The Morgan fingerprint density at radius 3 is 2.26 bits per heavy atom. The van der Waals surface area contributed by atoms with Crippen molar-refractivity contribution in [3.05, 3.63) is 42.0 Å². The van der Waals surface area contributed by atoms with Crippen molar-refractivity contribution in [2.45, 2.75) is 45.2 Å². The van der Waals surface area contributed by atoms with Crippen molar-refractivity contribution in [1.82, 2.24) is 4.90 Å². The van der Waals surface area contributed by atoms with Crippen LogP contribution in [0.25, 0.3) is 10.8 Å². The zero-order valence-electron chi connectivity index (χ0n) is 16.8. The number of ether oxygens (including phenoxy) is 2. The van der Waals surface area contributed by atoms with Crippen molar-refractivity contribution in [2.75, 3.05) is 14.2 Å². The van der Waals surface area contributed by atoms with Gasteiger partial charge in [-0.05, 0) is 76.2 Å². The third-order valence-corrected chi connectivity index (χ3v) is 6.06. The number of likely N-dealkylation sites (tertiary alicyclic amines) is 1. The molecule has 144 valence electrons. The molecule has 5 heteroatoms. The van der Waals surface area contributed by atoms with E-state index in [1.54, 1.807) is 18.2 Å². The van der Waals surface area contributed by atoms with Crippen LogP contribution in [0.3, 0.4) is 0 Å². The molecular weight excluding hydrogens is 342 g/mol. The predicted octanol–water partition coefficient (Wildman–Crippen LogP) is 4.04. The molecule has 0 saturated carbocycles. The van der Waals surface area contributed by atoms with E-state index in [1.165, 1.54) is 7.11 Å². The van der Waals surface area contributed by atoms with Gasteiger partial charge in [0.05, 0.1) is 18.6 Å². The van der Waals surface area contributed by atoms with E-state index in [-0.39, 0.29) is 28.9 Å². The second-order valence-electron chi connectivity index (χ2n) is 8.42. The quantitative estimate of drug-likeness (QED) is 0.604. The van der Waals surface area contributed by atoms with Crippen molar-refractivity contribution in [3.63, 3.8) is 0 Å². The second-order valence-corrected chi connectivity index (χ2v) is 8.42. The van der Waals surface area contributed by atoms with Crippen molar-refractivity contribution >= 4 is 22.7 Å². The predicted molar refractivity (Wildman–Crippen MR) is 105 cm³/mol. The van der Waals surface area contributed by atoms with Gasteiger partial charge in [-0.25, -0.2) is 4.79 Å². The zero-order chi connectivity index (χ0) is 20.0. The van der Waals surface area contributed by atoms with E-state index >= 15 is 0 Å². The molecule has 1 heterocycles. The number of benzene rings is 2. The van der Waals surface area contributed by atoms with Crippen LogP contribution in [0.4, 0.5) is 0 Å². The smallest absolute Gasteiger partial charge is 0.337 e. The fraction of sp³-hybridized carbons (Fsp3) is 0.455. The largest absolute Gasteiger partial charge is 0.465 e. The summed E-state index contributed by atoms with van der Waals surface area (Å²) in [7, 11) is 3.42. The van der Waals surface area contributed by atoms with E-state index < -0.39 is 0 Å². The van der Waals surface area contributed by atoms with E-state index in [1.807, 2.05) is 18.2 Å². The summed E-state index contributed by atoms with van der Waals surface area (Å²) in [6.07, 6.45) is 0.755. The lowest BCUT2D eigenvalue weighted by atomic mass is 9.87. The van der Waals surface area contributed by atoms with Crippen LogP contribution in [-0.4, -0.2) is 42.1 Å². The Hall–Kier alpha value is -2.40. The molecule has 1 aliphatic heterocycles. The Bertz CT molecular complexity index is 900. The minimum atomic E-state index is -0.373. The first-order valence-corrected chi connectivity index (χ1v) is 9.14. The summed E-state index contributed by atoms with van der Waals surface area (Å²) >= 11 is 0. The Kier molecular flexibility index (Phi) is 4.76. The van der Waals surface area contributed by atoms with Crippen LogP contribution in [0.5, 0.6) is 5.75 Å². The topological polar surface area (TPSA) is 55.8 Å². The number of fused-ring (bicyclic) bond motifs is 1. The maximum atomic E-state index is 12.9. The molecule has 1 fully saturated rings. The molecule has 0 bridgehead atoms. The first kappa shape index (κ1) is 19.4. The molecule has 0 aromatic heterocycles. The lowest BCUT2D eigenvalue weighted by Gasteiger charge is -2.37. The highest BCUT2D eigenvalue weighted by Gasteiger charge is 2.53. The molecule has 1 aliphatic rings. The van der Waals surface area contributed by atoms with E-state index in [0.29, 0.717) is 11.3 Å². The number of esters is 2. The van der Waals surface area contributed by atoms with E-state index in [9.17, 15) is 9.59 Å². The number of rotatable bonds is 3. The van der Waals surface area contributed by atoms with Gasteiger partial charge in [0.1, 0.15) is 5.75 Å². The average Bonchev–Trinajstić information content (AvgIpc) is 2.80. The highest BCUT2D eigenvalue weighted by Crippen LogP contribution is 2.44. The van der Waals surface area contributed by atoms with Crippen molar-refractivity contribution in [1.29, 1.82) is 0 Å². The van der Waals surface area contributed by atoms with Gasteiger partial charge in [0, 0.05) is 11.1 Å². The number of hydrogen-bond donors (Lipinski definition) is 0. The molecular formula is C22H27NO4. The first-order valence-electron chi connectivity index (χ1n) is 9.14. The van der Waals surface area contributed by atoms with E-state index in [4.69, 9.17) is 9.47 Å². The first-order chi connectivity index (χ1) is 12.6. The monoisotopic (exact) mass is 369 g/mol. The van der Waals surface area contributed by atoms with Crippen LogP contribution in [0, 0.1) is 5.92 Å². The van der Waals surface area contributed by atoms with Crippen LogP contribution in [0.2, 0.25) is 0 Å². The van der Waals surface area contributed by atoms with Gasteiger partial charge in [0.25, 0.3) is 0 Å². The lowest BCUT2D eigenvalue weighted by Crippen LogP contribution is -2.48. The Morgan fingerprint density at radius 2 is 1.67 bits per heavy atom. The van der Waals surface area contributed by atoms with Gasteiger partial charge in [0.15, 0.2) is 0 Å². The molecule has 0 N–H and O–H groups in total. The second kappa shape index (κ2) is 6.64. The van der Waals surface area contributed by atoms with Gasteiger partial charge < -0.3 is 9.47 Å². The number of nitrogens with zero attached hydrogens (tertiary/aromatic N) is 1. The van der Waals surface area contributed by atoms with Crippen LogP contribution in [-0.2, 0) is 9.53 Å². The van der Waals surface area contributed by atoms with Gasteiger partial charge in [-0.2, -0.15) is 0 Å². The number of carbonyl (C=O) groups is 2. The molecule has 1 unspecified atom stereocenters. The fourth-order valence-electron chi connectivity index (χ4n) is 3.99. The van der Waals surface area contributed by atoms with Crippen molar-refractivity contribution < 1.29 is 19.1 Å². The minimum absolute atomic E-state index is 0.0547.